The smallest absolute Gasteiger partial charge is 0.137 e. The predicted octanol–water partition coefficient (Wildman–Crippen LogP) is 2.54. The number of hydrogen-bond acceptors (Lipinski definition) is 3. The Balaban J connectivity index is 2.13. The molecule has 16 heavy (non-hydrogen) atoms. The van der Waals surface area contributed by atoms with Crippen LogP contribution in [0.5, 0.6) is 5.75 Å². The second kappa shape index (κ2) is 5.30. The molecule has 3 nitrogen and oxygen atoms in total. The molecule has 1 aromatic heterocycles. The number of hydrogen-bond donors (Lipinski definition) is 1. The van der Waals surface area contributed by atoms with Crippen LogP contribution in [0.15, 0.2) is 18.5 Å². The molecule has 0 aliphatic heterocycles. The van der Waals surface area contributed by atoms with Crippen LogP contribution in [0.4, 0.5) is 0 Å². The third kappa shape index (κ3) is 2.35. The van der Waals surface area contributed by atoms with Gasteiger partial charge in [-0.05, 0) is 44.4 Å². The third-order valence-electron chi connectivity index (χ3n) is 3.34. The molecule has 1 N–H and O–H groups in total. The molecule has 0 radical (unpaired) electrons. The van der Waals surface area contributed by atoms with Gasteiger partial charge in [0.2, 0.25) is 0 Å². The molecule has 3 heteroatoms. The summed E-state index contributed by atoms with van der Waals surface area (Å²) in [6, 6.07) is 2.54. The van der Waals surface area contributed by atoms with Gasteiger partial charge in [0.1, 0.15) is 5.75 Å². The number of pyridine rings is 1. The highest BCUT2D eigenvalue weighted by molar-refractivity contribution is 5.26. The fraction of sp³-hybridized carbons (Fsp3) is 0.615. The Hall–Kier alpha value is -1.09. The van der Waals surface area contributed by atoms with Gasteiger partial charge >= 0.3 is 0 Å². The van der Waals surface area contributed by atoms with E-state index in [1.54, 1.807) is 6.20 Å². The van der Waals surface area contributed by atoms with Gasteiger partial charge < -0.3 is 10.1 Å². The van der Waals surface area contributed by atoms with Crippen LogP contribution in [-0.2, 0) is 0 Å². The summed E-state index contributed by atoms with van der Waals surface area (Å²) < 4.78 is 5.48. The minimum absolute atomic E-state index is 0.432. The molecule has 0 aromatic carbocycles. The molecule has 0 amide bonds. The number of nitrogens with zero attached hydrogens (tertiary/aromatic N) is 1. The molecule has 1 aliphatic carbocycles. The second-order valence-electron chi connectivity index (χ2n) is 4.34. The van der Waals surface area contributed by atoms with E-state index in [1.807, 2.05) is 20.2 Å². The monoisotopic (exact) mass is 220 g/mol. The molecular weight excluding hydrogens is 200 g/mol. The van der Waals surface area contributed by atoms with Crippen LogP contribution in [0, 0.1) is 5.92 Å². The highest BCUT2D eigenvalue weighted by atomic mass is 16.5. The Morgan fingerprint density at radius 2 is 2.31 bits per heavy atom. The van der Waals surface area contributed by atoms with E-state index < -0.39 is 0 Å². The SMILES string of the molecule is CCOc1cncc(C(NC)C2CCC2)c1. The number of rotatable bonds is 5. The second-order valence-corrected chi connectivity index (χ2v) is 4.34. The number of nitrogens with one attached hydrogen (secondary N) is 1. The van der Waals surface area contributed by atoms with Gasteiger partial charge in [0.25, 0.3) is 0 Å². The molecule has 88 valence electrons. The Morgan fingerprint density at radius 3 is 2.88 bits per heavy atom. The van der Waals surface area contributed by atoms with Crippen molar-refractivity contribution in [2.24, 2.45) is 5.92 Å². The van der Waals surface area contributed by atoms with E-state index in [4.69, 9.17) is 4.74 Å². The Kier molecular flexibility index (Phi) is 3.78. The van der Waals surface area contributed by atoms with Gasteiger partial charge in [-0.3, -0.25) is 4.98 Å². The molecule has 0 bridgehead atoms. The quantitative estimate of drug-likeness (QED) is 0.828. The minimum Gasteiger partial charge on any atom is -0.492 e. The molecule has 1 aromatic rings. The highest BCUT2D eigenvalue weighted by Gasteiger charge is 2.27. The van der Waals surface area contributed by atoms with E-state index in [0.29, 0.717) is 12.6 Å². The average molecular weight is 220 g/mol. The topological polar surface area (TPSA) is 34.1 Å². The van der Waals surface area contributed by atoms with Crippen molar-refractivity contribution in [2.75, 3.05) is 13.7 Å². The first-order valence-electron chi connectivity index (χ1n) is 6.10. The van der Waals surface area contributed by atoms with Crippen LogP contribution in [-0.4, -0.2) is 18.6 Å². The molecule has 1 unspecified atom stereocenters. The van der Waals surface area contributed by atoms with E-state index in [9.17, 15) is 0 Å². The average Bonchev–Trinajstić information content (AvgIpc) is 2.24. The predicted molar refractivity (Wildman–Crippen MR) is 64.5 cm³/mol. The summed E-state index contributed by atoms with van der Waals surface area (Å²) >= 11 is 0. The lowest BCUT2D eigenvalue weighted by molar-refractivity contribution is 0.238. The lowest BCUT2D eigenvalue weighted by Gasteiger charge is -2.33. The summed E-state index contributed by atoms with van der Waals surface area (Å²) in [6.45, 7) is 2.69. The van der Waals surface area contributed by atoms with E-state index in [1.165, 1.54) is 24.8 Å². The first-order chi connectivity index (χ1) is 7.85. The van der Waals surface area contributed by atoms with Crippen LogP contribution >= 0.6 is 0 Å². The van der Waals surface area contributed by atoms with Crippen molar-refractivity contribution in [2.45, 2.75) is 32.2 Å². The summed E-state index contributed by atoms with van der Waals surface area (Å²) in [5.41, 5.74) is 1.25. The van der Waals surface area contributed by atoms with Crippen LogP contribution in [0.2, 0.25) is 0 Å². The van der Waals surface area contributed by atoms with Gasteiger partial charge in [-0.2, -0.15) is 0 Å². The van der Waals surface area contributed by atoms with Crippen molar-refractivity contribution < 1.29 is 4.74 Å². The first kappa shape index (κ1) is 11.4. The molecule has 0 spiro atoms. The Bertz CT molecular complexity index is 336. The zero-order chi connectivity index (χ0) is 11.4. The van der Waals surface area contributed by atoms with E-state index in [2.05, 4.69) is 16.4 Å². The normalized spacial score (nSPS) is 17.9. The first-order valence-corrected chi connectivity index (χ1v) is 6.10. The minimum atomic E-state index is 0.432. The van der Waals surface area contributed by atoms with E-state index >= 15 is 0 Å². The summed E-state index contributed by atoms with van der Waals surface area (Å²) in [6.07, 6.45) is 7.73. The maximum Gasteiger partial charge on any atom is 0.137 e. The summed E-state index contributed by atoms with van der Waals surface area (Å²) in [5.74, 6) is 1.64. The number of ether oxygens (including phenoxy) is 1. The van der Waals surface area contributed by atoms with Crippen molar-refractivity contribution in [1.82, 2.24) is 10.3 Å². The van der Waals surface area contributed by atoms with Gasteiger partial charge in [0.05, 0.1) is 12.8 Å². The third-order valence-corrected chi connectivity index (χ3v) is 3.34. The molecular formula is C13H20N2O. The standard InChI is InChI=1S/C13H20N2O/c1-3-16-12-7-11(8-15-9-12)13(14-2)10-5-4-6-10/h7-10,13-14H,3-6H2,1-2H3. The molecule has 1 heterocycles. The molecule has 0 saturated heterocycles. The maximum atomic E-state index is 5.48. The summed E-state index contributed by atoms with van der Waals surface area (Å²) in [4.78, 5) is 4.25. The van der Waals surface area contributed by atoms with Gasteiger partial charge in [-0.25, -0.2) is 0 Å². The van der Waals surface area contributed by atoms with Gasteiger partial charge in [-0.15, -0.1) is 0 Å². The Labute approximate surface area is 97.2 Å². The van der Waals surface area contributed by atoms with Gasteiger partial charge in [0, 0.05) is 12.2 Å². The van der Waals surface area contributed by atoms with Crippen LogP contribution < -0.4 is 10.1 Å². The fourth-order valence-electron chi connectivity index (χ4n) is 2.30. The van der Waals surface area contributed by atoms with Crippen LogP contribution in [0.3, 0.4) is 0 Å². The van der Waals surface area contributed by atoms with E-state index in [0.717, 1.165) is 11.7 Å². The summed E-state index contributed by atoms with van der Waals surface area (Å²) in [5, 5.41) is 3.39. The van der Waals surface area contributed by atoms with Crippen molar-refractivity contribution >= 4 is 0 Å². The van der Waals surface area contributed by atoms with Crippen LogP contribution in [0.1, 0.15) is 37.8 Å². The van der Waals surface area contributed by atoms with Crippen molar-refractivity contribution in [3.63, 3.8) is 0 Å². The molecule has 1 fully saturated rings. The zero-order valence-electron chi connectivity index (χ0n) is 10.1. The van der Waals surface area contributed by atoms with E-state index in [-0.39, 0.29) is 0 Å². The maximum absolute atomic E-state index is 5.48. The zero-order valence-corrected chi connectivity index (χ0v) is 10.1. The van der Waals surface area contributed by atoms with Crippen molar-refractivity contribution in [1.29, 1.82) is 0 Å². The summed E-state index contributed by atoms with van der Waals surface area (Å²) in [7, 11) is 2.02. The molecule has 1 aliphatic rings. The molecule has 2 rings (SSSR count). The van der Waals surface area contributed by atoms with Gasteiger partial charge in [0.15, 0.2) is 0 Å². The molecule has 1 saturated carbocycles. The van der Waals surface area contributed by atoms with Crippen LogP contribution in [0.25, 0.3) is 0 Å². The van der Waals surface area contributed by atoms with Crippen molar-refractivity contribution in [3.8, 4) is 5.75 Å². The lowest BCUT2D eigenvalue weighted by Crippen LogP contribution is -2.29. The fourth-order valence-corrected chi connectivity index (χ4v) is 2.30. The van der Waals surface area contributed by atoms with Crippen molar-refractivity contribution in [3.05, 3.63) is 24.0 Å². The Morgan fingerprint density at radius 1 is 1.50 bits per heavy atom. The lowest BCUT2D eigenvalue weighted by atomic mass is 9.77. The molecule has 1 atom stereocenters. The largest absolute Gasteiger partial charge is 0.492 e. The highest BCUT2D eigenvalue weighted by Crippen LogP contribution is 2.37. The van der Waals surface area contributed by atoms with Gasteiger partial charge in [-0.1, -0.05) is 6.42 Å². The number of aromatic nitrogens is 1.